The van der Waals surface area contributed by atoms with Gasteiger partial charge in [-0.05, 0) is 36.2 Å². The number of aryl methyl sites for hydroxylation is 1. The summed E-state index contributed by atoms with van der Waals surface area (Å²) in [5.74, 6) is -1.40. The molecule has 1 saturated heterocycles. The van der Waals surface area contributed by atoms with Crippen LogP contribution >= 0.6 is 0 Å². The average molecular weight is 346 g/mol. The summed E-state index contributed by atoms with van der Waals surface area (Å²) in [7, 11) is 0. The highest BCUT2D eigenvalue weighted by Gasteiger charge is 2.32. The predicted molar refractivity (Wildman–Crippen MR) is 87.7 cm³/mol. The highest BCUT2D eigenvalue weighted by Crippen LogP contribution is 2.25. The molecule has 1 amide bonds. The standard InChI is InChI=1S/C18H19FN2O4/c1-12-4-5-13(11-14(12)19)16(18(23)24)20-6-8-21(9-7-20)17(22)15-3-2-10-25-15/h2-5,10-11,16H,6-9H2,1H3,(H,23,24). The lowest BCUT2D eigenvalue weighted by atomic mass is 10.0. The molecule has 1 aromatic heterocycles. The Kier molecular flexibility index (Phi) is 4.85. The Morgan fingerprint density at radius 1 is 1.20 bits per heavy atom. The van der Waals surface area contributed by atoms with Crippen LogP contribution in [-0.2, 0) is 4.79 Å². The zero-order valence-corrected chi connectivity index (χ0v) is 13.8. The van der Waals surface area contributed by atoms with E-state index in [1.807, 2.05) is 0 Å². The fourth-order valence-electron chi connectivity index (χ4n) is 3.03. The first-order valence-electron chi connectivity index (χ1n) is 8.03. The third-order valence-electron chi connectivity index (χ3n) is 4.44. The van der Waals surface area contributed by atoms with E-state index in [9.17, 15) is 19.1 Å². The number of carbonyl (C=O) groups is 2. The highest BCUT2D eigenvalue weighted by atomic mass is 19.1. The summed E-state index contributed by atoms with van der Waals surface area (Å²) in [5, 5.41) is 9.60. The van der Waals surface area contributed by atoms with Crippen molar-refractivity contribution in [3.05, 3.63) is 59.3 Å². The lowest BCUT2D eigenvalue weighted by Gasteiger charge is -2.37. The van der Waals surface area contributed by atoms with Crippen LogP contribution < -0.4 is 0 Å². The van der Waals surface area contributed by atoms with E-state index >= 15 is 0 Å². The maximum atomic E-state index is 13.8. The predicted octanol–water partition coefficient (Wildman–Crippen LogP) is 2.31. The molecular weight excluding hydrogens is 327 g/mol. The Balaban J connectivity index is 1.71. The van der Waals surface area contributed by atoms with Crippen molar-refractivity contribution in [2.24, 2.45) is 0 Å². The third-order valence-corrected chi connectivity index (χ3v) is 4.44. The van der Waals surface area contributed by atoms with E-state index in [1.54, 1.807) is 41.0 Å². The molecule has 1 aliphatic heterocycles. The van der Waals surface area contributed by atoms with E-state index in [1.165, 1.54) is 12.3 Å². The van der Waals surface area contributed by atoms with Crippen molar-refractivity contribution in [3.63, 3.8) is 0 Å². The summed E-state index contributed by atoms with van der Waals surface area (Å²) < 4.78 is 18.9. The van der Waals surface area contributed by atoms with Gasteiger partial charge in [-0.3, -0.25) is 14.5 Å². The molecule has 1 N–H and O–H groups in total. The van der Waals surface area contributed by atoms with Crippen LogP contribution in [0.1, 0.15) is 27.7 Å². The number of hydrogen-bond acceptors (Lipinski definition) is 4. The molecule has 132 valence electrons. The van der Waals surface area contributed by atoms with Crippen molar-refractivity contribution < 1.29 is 23.5 Å². The number of benzene rings is 1. The van der Waals surface area contributed by atoms with Crippen molar-refractivity contribution in [1.29, 1.82) is 0 Å². The van der Waals surface area contributed by atoms with Crippen LogP contribution in [0.15, 0.2) is 41.0 Å². The van der Waals surface area contributed by atoms with Crippen LogP contribution in [-0.4, -0.2) is 53.0 Å². The molecule has 25 heavy (non-hydrogen) atoms. The van der Waals surface area contributed by atoms with Gasteiger partial charge in [-0.15, -0.1) is 0 Å². The van der Waals surface area contributed by atoms with Crippen LogP contribution in [0, 0.1) is 12.7 Å². The van der Waals surface area contributed by atoms with Crippen molar-refractivity contribution >= 4 is 11.9 Å². The van der Waals surface area contributed by atoms with Gasteiger partial charge in [-0.1, -0.05) is 12.1 Å². The van der Waals surface area contributed by atoms with Crippen molar-refractivity contribution in [2.75, 3.05) is 26.2 Å². The molecule has 1 atom stereocenters. The lowest BCUT2D eigenvalue weighted by Crippen LogP contribution is -2.51. The minimum absolute atomic E-state index is 0.210. The first-order chi connectivity index (χ1) is 12.0. The Hall–Kier alpha value is -2.67. The van der Waals surface area contributed by atoms with E-state index in [2.05, 4.69) is 0 Å². The zero-order chi connectivity index (χ0) is 18.0. The Morgan fingerprint density at radius 3 is 2.48 bits per heavy atom. The van der Waals surface area contributed by atoms with Gasteiger partial charge in [0.1, 0.15) is 11.9 Å². The van der Waals surface area contributed by atoms with Gasteiger partial charge >= 0.3 is 5.97 Å². The van der Waals surface area contributed by atoms with Crippen LogP contribution in [0.5, 0.6) is 0 Å². The summed E-state index contributed by atoms with van der Waals surface area (Å²) in [6.45, 7) is 3.18. The number of rotatable bonds is 4. The van der Waals surface area contributed by atoms with E-state index in [0.717, 1.165) is 0 Å². The number of furan rings is 1. The van der Waals surface area contributed by atoms with Gasteiger partial charge < -0.3 is 14.4 Å². The first-order valence-corrected chi connectivity index (χ1v) is 8.03. The van der Waals surface area contributed by atoms with Gasteiger partial charge in [0, 0.05) is 26.2 Å². The molecular formula is C18H19FN2O4. The second-order valence-electron chi connectivity index (χ2n) is 6.05. The quantitative estimate of drug-likeness (QED) is 0.920. The second kappa shape index (κ2) is 7.06. The number of piperazine rings is 1. The molecule has 1 fully saturated rings. The molecule has 1 aliphatic rings. The summed E-state index contributed by atoms with van der Waals surface area (Å²) in [6, 6.07) is 6.80. The summed E-state index contributed by atoms with van der Waals surface area (Å²) in [6.07, 6.45) is 1.44. The van der Waals surface area contributed by atoms with Gasteiger partial charge in [-0.25, -0.2) is 4.39 Å². The van der Waals surface area contributed by atoms with Crippen LogP contribution in [0.2, 0.25) is 0 Å². The summed E-state index contributed by atoms with van der Waals surface area (Å²) in [5.41, 5.74) is 0.878. The van der Waals surface area contributed by atoms with Crippen molar-refractivity contribution in [3.8, 4) is 0 Å². The van der Waals surface area contributed by atoms with E-state index in [4.69, 9.17) is 4.42 Å². The molecule has 0 spiro atoms. The van der Waals surface area contributed by atoms with Gasteiger partial charge in [0.2, 0.25) is 0 Å². The molecule has 3 rings (SSSR count). The SMILES string of the molecule is Cc1ccc(C(C(=O)O)N2CCN(C(=O)c3ccco3)CC2)cc1F. The number of aliphatic carboxylic acids is 1. The monoisotopic (exact) mass is 346 g/mol. The Bertz CT molecular complexity index is 767. The Morgan fingerprint density at radius 2 is 1.92 bits per heavy atom. The number of nitrogens with zero attached hydrogens (tertiary/aromatic N) is 2. The van der Waals surface area contributed by atoms with Gasteiger partial charge in [-0.2, -0.15) is 0 Å². The minimum atomic E-state index is -1.03. The van der Waals surface area contributed by atoms with E-state index in [0.29, 0.717) is 37.3 Å². The minimum Gasteiger partial charge on any atom is -0.480 e. The molecule has 0 bridgehead atoms. The van der Waals surface area contributed by atoms with Crippen molar-refractivity contribution in [1.82, 2.24) is 9.80 Å². The molecule has 0 aliphatic carbocycles. The van der Waals surface area contributed by atoms with Crippen LogP contribution in [0.3, 0.4) is 0 Å². The zero-order valence-electron chi connectivity index (χ0n) is 13.8. The highest BCUT2D eigenvalue weighted by molar-refractivity contribution is 5.91. The van der Waals surface area contributed by atoms with E-state index in [-0.39, 0.29) is 11.7 Å². The molecule has 2 heterocycles. The number of hydrogen-bond donors (Lipinski definition) is 1. The average Bonchev–Trinajstić information content (AvgIpc) is 3.12. The number of carboxylic acid groups (broad SMARTS) is 1. The van der Waals surface area contributed by atoms with Gasteiger partial charge in [0.25, 0.3) is 5.91 Å². The smallest absolute Gasteiger partial charge is 0.325 e. The normalized spacial score (nSPS) is 16.6. The number of carboxylic acids is 1. The number of carbonyl (C=O) groups excluding carboxylic acids is 1. The maximum Gasteiger partial charge on any atom is 0.325 e. The molecule has 7 heteroatoms. The summed E-state index contributed by atoms with van der Waals surface area (Å²) >= 11 is 0. The molecule has 0 saturated carbocycles. The molecule has 1 aromatic carbocycles. The molecule has 2 aromatic rings. The molecule has 0 radical (unpaired) electrons. The number of halogens is 1. The third kappa shape index (κ3) is 3.56. The van der Waals surface area contributed by atoms with Crippen LogP contribution in [0.4, 0.5) is 4.39 Å². The second-order valence-corrected chi connectivity index (χ2v) is 6.05. The largest absolute Gasteiger partial charge is 0.480 e. The number of amides is 1. The molecule has 1 unspecified atom stereocenters. The van der Waals surface area contributed by atoms with Gasteiger partial charge in [0.05, 0.1) is 6.26 Å². The fraction of sp³-hybridized carbons (Fsp3) is 0.333. The molecule has 6 nitrogen and oxygen atoms in total. The first kappa shape index (κ1) is 17.2. The summed E-state index contributed by atoms with van der Waals surface area (Å²) in [4.78, 5) is 27.4. The maximum absolute atomic E-state index is 13.8. The van der Waals surface area contributed by atoms with Crippen molar-refractivity contribution in [2.45, 2.75) is 13.0 Å². The van der Waals surface area contributed by atoms with Crippen LogP contribution in [0.25, 0.3) is 0 Å². The topological polar surface area (TPSA) is 74.0 Å². The fourth-order valence-corrected chi connectivity index (χ4v) is 3.03. The Labute approximate surface area is 144 Å². The van der Waals surface area contributed by atoms with Gasteiger partial charge in [0.15, 0.2) is 5.76 Å². The lowest BCUT2D eigenvalue weighted by molar-refractivity contribution is -0.144. The van der Waals surface area contributed by atoms with E-state index < -0.39 is 17.8 Å².